The van der Waals surface area contributed by atoms with Gasteiger partial charge in [0.05, 0.1) is 18.9 Å². The summed E-state index contributed by atoms with van der Waals surface area (Å²) in [6, 6.07) is 25.7. The van der Waals surface area contributed by atoms with Crippen LogP contribution >= 0.6 is 0 Å². The summed E-state index contributed by atoms with van der Waals surface area (Å²) in [4.78, 5) is 16.8. The van der Waals surface area contributed by atoms with E-state index < -0.39 is 11.6 Å². The van der Waals surface area contributed by atoms with Gasteiger partial charge in [0.2, 0.25) is 5.89 Å². The van der Waals surface area contributed by atoms with Crippen LogP contribution in [0.25, 0.3) is 22.6 Å². The number of esters is 1. The maximum absolute atomic E-state index is 12.1. The molecule has 0 radical (unpaired) electrons. The first-order valence-electron chi connectivity index (χ1n) is 12.1. The van der Waals surface area contributed by atoms with Gasteiger partial charge in [0.1, 0.15) is 17.3 Å². The van der Waals surface area contributed by atoms with Crippen molar-refractivity contribution in [3.63, 3.8) is 0 Å². The van der Waals surface area contributed by atoms with Crippen LogP contribution in [0.2, 0.25) is 0 Å². The van der Waals surface area contributed by atoms with Crippen LogP contribution in [0.1, 0.15) is 32.2 Å². The highest BCUT2D eigenvalue weighted by Gasteiger charge is 2.31. The molecule has 1 heterocycles. The highest BCUT2D eigenvalue weighted by Crippen LogP contribution is 2.27. The van der Waals surface area contributed by atoms with Crippen LogP contribution in [0, 0.1) is 6.92 Å². The van der Waals surface area contributed by atoms with E-state index in [-0.39, 0.29) is 0 Å². The number of nitrogens with zero attached hydrogens (tertiary/aromatic N) is 1. The zero-order valence-corrected chi connectivity index (χ0v) is 21.1. The van der Waals surface area contributed by atoms with Gasteiger partial charge in [-0.1, -0.05) is 48.5 Å². The van der Waals surface area contributed by atoms with E-state index in [9.17, 15) is 4.79 Å². The number of rotatable bonds is 10. The fourth-order valence-electron chi connectivity index (χ4n) is 3.75. The fraction of sp³-hybridized carbons (Fsp3) is 0.267. The molecule has 0 amide bonds. The molecule has 0 saturated carbocycles. The Bertz CT molecular complexity index is 1290. The zero-order chi connectivity index (χ0) is 25.5. The highest BCUT2D eigenvalue weighted by atomic mass is 16.6. The van der Waals surface area contributed by atoms with Crippen molar-refractivity contribution in [1.82, 2.24) is 4.98 Å². The standard InChI is InChI=1S/C30H31NO5/c1-5-33-29(32)30(3,4)36-26-13-9-12-25(20-26)34-19-18-27-21(2)35-28(31-27)24-16-14-23(15-17-24)22-10-7-6-8-11-22/h6-17,20H,5,18-19H2,1-4H3. The normalized spacial score (nSPS) is 11.2. The van der Waals surface area contributed by atoms with Gasteiger partial charge in [-0.05, 0) is 63.1 Å². The van der Waals surface area contributed by atoms with E-state index in [1.54, 1.807) is 32.9 Å². The van der Waals surface area contributed by atoms with Crippen molar-refractivity contribution in [2.45, 2.75) is 39.7 Å². The lowest BCUT2D eigenvalue weighted by atomic mass is 10.0. The van der Waals surface area contributed by atoms with Gasteiger partial charge in [0, 0.05) is 18.1 Å². The van der Waals surface area contributed by atoms with Crippen LogP contribution in [0.4, 0.5) is 0 Å². The van der Waals surface area contributed by atoms with Gasteiger partial charge < -0.3 is 18.6 Å². The third-order valence-electron chi connectivity index (χ3n) is 5.68. The van der Waals surface area contributed by atoms with Crippen molar-refractivity contribution in [3.05, 3.63) is 90.3 Å². The van der Waals surface area contributed by atoms with Gasteiger partial charge >= 0.3 is 5.97 Å². The molecule has 4 rings (SSSR count). The minimum absolute atomic E-state index is 0.303. The first-order chi connectivity index (χ1) is 17.4. The van der Waals surface area contributed by atoms with Crippen LogP contribution in [-0.2, 0) is 16.0 Å². The van der Waals surface area contributed by atoms with Crippen LogP contribution in [0.3, 0.4) is 0 Å². The molecule has 36 heavy (non-hydrogen) atoms. The molecule has 0 N–H and O–H groups in total. The highest BCUT2D eigenvalue weighted by molar-refractivity contribution is 5.79. The summed E-state index contributed by atoms with van der Waals surface area (Å²) >= 11 is 0. The molecule has 0 aliphatic heterocycles. The van der Waals surface area contributed by atoms with E-state index in [1.807, 2.05) is 49.4 Å². The van der Waals surface area contributed by atoms with E-state index in [1.165, 1.54) is 5.56 Å². The molecule has 4 aromatic rings. The number of hydrogen-bond donors (Lipinski definition) is 0. The van der Waals surface area contributed by atoms with E-state index in [2.05, 4.69) is 24.3 Å². The van der Waals surface area contributed by atoms with Gasteiger partial charge in [0.15, 0.2) is 5.60 Å². The molecule has 0 saturated heterocycles. The predicted octanol–water partition coefficient (Wildman–Crippen LogP) is 6.66. The summed E-state index contributed by atoms with van der Waals surface area (Å²) in [7, 11) is 0. The van der Waals surface area contributed by atoms with Crippen molar-refractivity contribution < 1.29 is 23.4 Å². The third kappa shape index (κ3) is 6.13. The molecule has 0 aliphatic carbocycles. The number of carbonyl (C=O) groups excluding carboxylic acids is 1. The van der Waals surface area contributed by atoms with Crippen molar-refractivity contribution in [2.24, 2.45) is 0 Å². The van der Waals surface area contributed by atoms with E-state index >= 15 is 0 Å². The average Bonchev–Trinajstić information content (AvgIpc) is 3.25. The van der Waals surface area contributed by atoms with Gasteiger partial charge in [-0.3, -0.25) is 0 Å². The third-order valence-corrected chi connectivity index (χ3v) is 5.68. The Morgan fingerprint density at radius 3 is 2.28 bits per heavy atom. The lowest BCUT2D eigenvalue weighted by Gasteiger charge is -2.24. The molecule has 186 valence electrons. The summed E-state index contributed by atoms with van der Waals surface area (Å²) in [6.07, 6.45) is 0.594. The number of carbonyl (C=O) groups is 1. The fourth-order valence-corrected chi connectivity index (χ4v) is 3.75. The molecule has 0 unspecified atom stereocenters. The Hall–Kier alpha value is -4.06. The number of hydrogen-bond acceptors (Lipinski definition) is 6. The molecule has 0 spiro atoms. The molecule has 0 atom stereocenters. The van der Waals surface area contributed by atoms with Gasteiger partial charge in [-0.15, -0.1) is 0 Å². The van der Waals surface area contributed by atoms with Crippen LogP contribution in [0.5, 0.6) is 11.5 Å². The molecule has 3 aromatic carbocycles. The summed E-state index contributed by atoms with van der Waals surface area (Å²) < 4.78 is 22.8. The second-order valence-electron chi connectivity index (χ2n) is 8.87. The summed E-state index contributed by atoms with van der Waals surface area (Å²) in [5, 5.41) is 0. The average molecular weight is 486 g/mol. The van der Waals surface area contributed by atoms with Crippen molar-refractivity contribution in [3.8, 4) is 34.1 Å². The SMILES string of the molecule is CCOC(=O)C(C)(C)Oc1cccc(OCCc2nc(-c3ccc(-c4ccccc4)cc3)oc2C)c1. The molecule has 0 fully saturated rings. The second kappa shape index (κ2) is 11.1. The van der Waals surface area contributed by atoms with E-state index in [0.29, 0.717) is 37.0 Å². The van der Waals surface area contributed by atoms with Crippen LogP contribution in [0.15, 0.2) is 83.3 Å². The number of ether oxygens (including phenoxy) is 3. The second-order valence-corrected chi connectivity index (χ2v) is 8.87. The molecular weight excluding hydrogens is 454 g/mol. The van der Waals surface area contributed by atoms with Crippen molar-refractivity contribution in [2.75, 3.05) is 13.2 Å². The smallest absolute Gasteiger partial charge is 0.349 e. The van der Waals surface area contributed by atoms with Gasteiger partial charge in [-0.2, -0.15) is 0 Å². The maximum atomic E-state index is 12.1. The monoisotopic (exact) mass is 485 g/mol. The van der Waals surface area contributed by atoms with Crippen LogP contribution < -0.4 is 9.47 Å². The zero-order valence-electron chi connectivity index (χ0n) is 21.1. The predicted molar refractivity (Wildman–Crippen MR) is 139 cm³/mol. The largest absolute Gasteiger partial charge is 0.493 e. The minimum atomic E-state index is -1.10. The Morgan fingerprint density at radius 2 is 1.56 bits per heavy atom. The lowest BCUT2D eigenvalue weighted by Crippen LogP contribution is -2.39. The molecule has 6 heteroatoms. The Kier molecular flexibility index (Phi) is 7.74. The number of oxazole rings is 1. The minimum Gasteiger partial charge on any atom is -0.493 e. The molecule has 0 bridgehead atoms. The molecular formula is C30H31NO5. The van der Waals surface area contributed by atoms with E-state index in [4.69, 9.17) is 23.6 Å². The quantitative estimate of drug-likeness (QED) is 0.234. The summed E-state index contributed by atoms with van der Waals surface area (Å²) in [5.41, 5.74) is 3.01. The number of aromatic nitrogens is 1. The van der Waals surface area contributed by atoms with Crippen molar-refractivity contribution >= 4 is 5.97 Å². The lowest BCUT2D eigenvalue weighted by molar-refractivity contribution is -0.158. The molecule has 0 aliphatic rings. The topological polar surface area (TPSA) is 70.8 Å². The summed E-state index contributed by atoms with van der Waals surface area (Å²) in [5.74, 6) is 2.13. The first-order valence-corrected chi connectivity index (χ1v) is 12.1. The van der Waals surface area contributed by atoms with E-state index in [0.717, 1.165) is 22.6 Å². The van der Waals surface area contributed by atoms with Crippen LogP contribution in [-0.4, -0.2) is 29.8 Å². The maximum Gasteiger partial charge on any atom is 0.349 e. The Morgan fingerprint density at radius 1 is 0.889 bits per heavy atom. The Balaban J connectivity index is 1.36. The van der Waals surface area contributed by atoms with Gasteiger partial charge in [0.25, 0.3) is 0 Å². The van der Waals surface area contributed by atoms with Crippen molar-refractivity contribution in [1.29, 1.82) is 0 Å². The number of aryl methyl sites for hydroxylation is 1. The Labute approximate surface area is 211 Å². The molecule has 6 nitrogen and oxygen atoms in total. The first kappa shape index (κ1) is 25.0. The summed E-state index contributed by atoms with van der Waals surface area (Å²) in [6.45, 7) is 7.76. The number of benzene rings is 3. The molecule has 1 aromatic heterocycles. The van der Waals surface area contributed by atoms with Gasteiger partial charge in [-0.25, -0.2) is 9.78 Å².